The molecule has 3 aliphatic rings. The summed E-state index contributed by atoms with van der Waals surface area (Å²) in [5.41, 5.74) is 1.92. The molecule has 0 aliphatic carbocycles. The minimum absolute atomic E-state index is 0.155. The molecule has 7 heteroatoms. The van der Waals surface area contributed by atoms with Crippen LogP contribution in [0.15, 0.2) is 6.33 Å². The molecule has 0 saturated carbocycles. The Labute approximate surface area is 172 Å². The van der Waals surface area contributed by atoms with E-state index in [0.29, 0.717) is 11.9 Å². The molecular formula is C22H32N6O. The van der Waals surface area contributed by atoms with Crippen molar-refractivity contribution >= 4 is 22.9 Å². The van der Waals surface area contributed by atoms with Gasteiger partial charge in [0, 0.05) is 44.6 Å². The van der Waals surface area contributed by atoms with Crippen molar-refractivity contribution in [1.82, 2.24) is 24.4 Å². The summed E-state index contributed by atoms with van der Waals surface area (Å²) in [6, 6.07) is 0.400. The Hall–Kier alpha value is -2.18. The topological polar surface area (TPSA) is 67.2 Å². The van der Waals surface area contributed by atoms with Crippen LogP contribution in [0.4, 0.5) is 5.82 Å². The molecule has 0 radical (unpaired) electrons. The molecule has 156 valence electrons. The van der Waals surface area contributed by atoms with E-state index in [2.05, 4.69) is 31.3 Å². The minimum Gasteiger partial charge on any atom is -0.355 e. The standard InChI is InChI=1S/C22H32N6O/c1-16-7-4-6-11-27(16)22(29)17-9-13-26(14-10-17)20-19-21(24-15-23-20)28-12-5-2-3-8-18(28)25-19/h15-17H,2-14H2,1H3/t16-/m0/s1. The Morgan fingerprint density at radius 1 is 0.966 bits per heavy atom. The first-order valence-electron chi connectivity index (χ1n) is 11.5. The lowest BCUT2D eigenvalue weighted by atomic mass is 9.93. The number of fused-ring (bicyclic) bond motifs is 3. The largest absolute Gasteiger partial charge is 0.355 e. The molecule has 1 atom stereocenters. The molecule has 7 nitrogen and oxygen atoms in total. The first-order valence-corrected chi connectivity index (χ1v) is 11.5. The lowest BCUT2D eigenvalue weighted by Crippen LogP contribution is -2.48. The fourth-order valence-corrected chi connectivity index (χ4v) is 5.36. The zero-order valence-electron chi connectivity index (χ0n) is 17.5. The van der Waals surface area contributed by atoms with Crippen LogP contribution in [0.1, 0.15) is 64.1 Å². The maximum atomic E-state index is 13.1. The van der Waals surface area contributed by atoms with Gasteiger partial charge in [-0.05, 0) is 51.9 Å². The zero-order valence-corrected chi connectivity index (χ0v) is 17.5. The molecular weight excluding hydrogens is 364 g/mol. The normalized spacial score (nSPS) is 23.8. The van der Waals surface area contributed by atoms with Gasteiger partial charge < -0.3 is 14.4 Å². The van der Waals surface area contributed by atoms with Crippen molar-refractivity contribution < 1.29 is 4.79 Å². The SMILES string of the molecule is C[C@H]1CCCCN1C(=O)C1CCN(c2ncnc3c2nc2n3CCCCC2)CC1. The quantitative estimate of drug-likeness (QED) is 0.780. The third kappa shape index (κ3) is 3.49. The van der Waals surface area contributed by atoms with Gasteiger partial charge in [0.1, 0.15) is 12.2 Å². The van der Waals surface area contributed by atoms with Crippen molar-refractivity contribution in [1.29, 1.82) is 0 Å². The molecule has 0 bridgehead atoms. The van der Waals surface area contributed by atoms with Gasteiger partial charge in [-0.2, -0.15) is 0 Å². The summed E-state index contributed by atoms with van der Waals surface area (Å²) in [6.45, 7) is 5.88. The fourth-order valence-electron chi connectivity index (χ4n) is 5.36. The van der Waals surface area contributed by atoms with E-state index in [4.69, 9.17) is 4.98 Å². The van der Waals surface area contributed by atoms with Gasteiger partial charge in [-0.3, -0.25) is 4.79 Å². The number of amides is 1. The van der Waals surface area contributed by atoms with E-state index < -0.39 is 0 Å². The number of imidazole rings is 1. The molecule has 0 N–H and O–H groups in total. The third-order valence-electron chi connectivity index (χ3n) is 7.10. The molecule has 0 aromatic carbocycles. The molecule has 3 aliphatic heterocycles. The number of carbonyl (C=O) groups is 1. The first kappa shape index (κ1) is 18.8. The Balaban J connectivity index is 1.32. The minimum atomic E-state index is 0.155. The Kier molecular flexibility index (Phi) is 5.14. The van der Waals surface area contributed by atoms with Crippen molar-refractivity contribution in [2.24, 2.45) is 5.92 Å². The molecule has 2 saturated heterocycles. The predicted molar refractivity (Wildman–Crippen MR) is 113 cm³/mol. The first-order chi connectivity index (χ1) is 14.2. The molecule has 0 spiro atoms. The number of aromatic nitrogens is 4. The summed E-state index contributed by atoms with van der Waals surface area (Å²) in [6.07, 6.45) is 11.7. The summed E-state index contributed by atoms with van der Waals surface area (Å²) < 4.78 is 2.29. The molecule has 2 fully saturated rings. The summed E-state index contributed by atoms with van der Waals surface area (Å²) in [7, 11) is 0. The summed E-state index contributed by atoms with van der Waals surface area (Å²) in [4.78, 5) is 31.6. The number of piperidine rings is 2. The maximum Gasteiger partial charge on any atom is 0.226 e. The van der Waals surface area contributed by atoms with E-state index in [1.54, 1.807) is 6.33 Å². The van der Waals surface area contributed by atoms with Gasteiger partial charge in [0.05, 0.1) is 0 Å². The number of aryl methyl sites for hydroxylation is 2. The summed E-state index contributed by atoms with van der Waals surface area (Å²) >= 11 is 0. The molecule has 5 heterocycles. The fraction of sp³-hybridized carbons (Fsp3) is 0.727. The Bertz CT molecular complexity index is 885. The van der Waals surface area contributed by atoms with Crippen LogP contribution in [0, 0.1) is 5.92 Å². The smallest absolute Gasteiger partial charge is 0.226 e. The van der Waals surface area contributed by atoms with Crippen LogP contribution in [0.5, 0.6) is 0 Å². The van der Waals surface area contributed by atoms with Crippen LogP contribution in [0.3, 0.4) is 0 Å². The monoisotopic (exact) mass is 396 g/mol. The van der Waals surface area contributed by atoms with Crippen LogP contribution in [0.25, 0.3) is 11.2 Å². The highest BCUT2D eigenvalue weighted by Gasteiger charge is 2.33. The van der Waals surface area contributed by atoms with E-state index in [0.717, 1.165) is 81.1 Å². The lowest BCUT2D eigenvalue weighted by molar-refractivity contribution is -0.139. The van der Waals surface area contributed by atoms with E-state index in [1.165, 1.54) is 25.7 Å². The van der Waals surface area contributed by atoms with Crippen molar-refractivity contribution in [2.45, 2.75) is 77.3 Å². The number of hydrogen-bond donors (Lipinski definition) is 0. The molecule has 2 aromatic rings. The number of likely N-dealkylation sites (tertiary alicyclic amines) is 1. The number of carbonyl (C=O) groups excluding carboxylic acids is 1. The molecule has 29 heavy (non-hydrogen) atoms. The number of rotatable bonds is 2. The van der Waals surface area contributed by atoms with Crippen molar-refractivity contribution in [3.05, 3.63) is 12.2 Å². The Morgan fingerprint density at radius 3 is 2.62 bits per heavy atom. The van der Waals surface area contributed by atoms with E-state index in [1.807, 2.05) is 0 Å². The van der Waals surface area contributed by atoms with Gasteiger partial charge >= 0.3 is 0 Å². The van der Waals surface area contributed by atoms with Crippen molar-refractivity contribution in [3.63, 3.8) is 0 Å². The average Bonchev–Trinajstić information content (AvgIpc) is 2.95. The van der Waals surface area contributed by atoms with Crippen LogP contribution in [0.2, 0.25) is 0 Å². The van der Waals surface area contributed by atoms with Gasteiger partial charge in [0.2, 0.25) is 5.91 Å². The van der Waals surface area contributed by atoms with E-state index in [-0.39, 0.29) is 5.92 Å². The Morgan fingerprint density at radius 2 is 1.79 bits per heavy atom. The maximum absolute atomic E-state index is 13.1. The van der Waals surface area contributed by atoms with E-state index in [9.17, 15) is 4.79 Å². The van der Waals surface area contributed by atoms with Crippen LogP contribution < -0.4 is 4.90 Å². The van der Waals surface area contributed by atoms with E-state index >= 15 is 0 Å². The number of hydrogen-bond acceptors (Lipinski definition) is 5. The molecule has 2 aromatic heterocycles. The second-order valence-electron chi connectivity index (χ2n) is 9.00. The van der Waals surface area contributed by atoms with Gasteiger partial charge in [-0.1, -0.05) is 6.42 Å². The summed E-state index contributed by atoms with van der Waals surface area (Å²) in [5, 5.41) is 0. The highest BCUT2D eigenvalue weighted by molar-refractivity contribution is 5.84. The number of anilines is 1. The van der Waals surface area contributed by atoms with Gasteiger partial charge in [0.15, 0.2) is 17.0 Å². The van der Waals surface area contributed by atoms with Crippen molar-refractivity contribution in [2.75, 3.05) is 24.5 Å². The van der Waals surface area contributed by atoms with Crippen LogP contribution in [-0.2, 0) is 17.8 Å². The van der Waals surface area contributed by atoms with Gasteiger partial charge in [0.25, 0.3) is 0 Å². The number of nitrogens with zero attached hydrogens (tertiary/aromatic N) is 6. The van der Waals surface area contributed by atoms with Gasteiger partial charge in [-0.15, -0.1) is 0 Å². The van der Waals surface area contributed by atoms with Crippen molar-refractivity contribution in [3.8, 4) is 0 Å². The predicted octanol–water partition coefficient (Wildman–Crippen LogP) is 3.17. The lowest BCUT2D eigenvalue weighted by Gasteiger charge is -2.39. The molecule has 0 unspecified atom stereocenters. The average molecular weight is 397 g/mol. The third-order valence-corrected chi connectivity index (χ3v) is 7.10. The van der Waals surface area contributed by atoms with Crippen LogP contribution in [-0.4, -0.2) is 56.0 Å². The molecule has 5 rings (SSSR count). The summed E-state index contributed by atoms with van der Waals surface area (Å²) in [5.74, 6) is 2.64. The molecule has 1 amide bonds. The highest BCUT2D eigenvalue weighted by atomic mass is 16.2. The zero-order chi connectivity index (χ0) is 19.8. The second-order valence-corrected chi connectivity index (χ2v) is 9.00. The van der Waals surface area contributed by atoms with Gasteiger partial charge in [-0.25, -0.2) is 15.0 Å². The second kappa shape index (κ2) is 7.92. The van der Waals surface area contributed by atoms with Crippen LogP contribution >= 0.6 is 0 Å². The highest BCUT2D eigenvalue weighted by Crippen LogP contribution is 2.30.